The van der Waals surface area contributed by atoms with E-state index in [0.29, 0.717) is 5.69 Å². The Morgan fingerprint density at radius 1 is 1.15 bits per heavy atom. The second-order valence-electron chi connectivity index (χ2n) is 7.09. The average Bonchev–Trinajstić information content (AvgIpc) is 2.58. The van der Waals surface area contributed by atoms with Gasteiger partial charge in [0, 0.05) is 44.3 Å². The first-order chi connectivity index (χ1) is 12.2. The monoisotopic (exact) mass is 382 g/mol. The highest BCUT2D eigenvalue weighted by Gasteiger charge is 2.19. The van der Waals surface area contributed by atoms with Crippen LogP contribution in [0.4, 0.5) is 11.4 Å². The van der Waals surface area contributed by atoms with Gasteiger partial charge >= 0.3 is 0 Å². The molecule has 8 heteroatoms. The Bertz CT molecular complexity index is 696. The number of piperazine rings is 1. The molecule has 0 aromatic heterocycles. The van der Waals surface area contributed by atoms with Gasteiger partial charge in [0.05, 0.1) is 18.5 Å². The first-order valence-electron chi connectivity index (χ1n) is 8.97. The molecule has 1 fully saturated rings. The molecule has 0 spiro atoms. The number of nitrogens with zero attached hydrogens (tertiary/aromatic N) is 3. The molecule has 1 aliphatic rings. The molecule has 1 N–H and O–H groups in total. The van der Waals surface area contributed by atoms with Gasteiger partial charge in [-0.1, -0.05) is 13.8 Å². The standard InChI is InChI=1S/C18H30N4O3S/c1-15(2)18(23)19-9-10-22(26(4,24)25)17-7-5-16(6-8-17)21-13-11-20(3)12-14-21/h5-8,15H,9-14H2,1-4H3,(H,19,23). The Morgan fingerprint density at radius 3 is 2.23 bits per heavy atom. The maximum Gasteiger partial charge on any atom is 0.232 e. The normalized spacial score (nSPS) is 16.0. The van der Waals surface area contributed by atoms with E-state index in [1.54, 1.807) is 13.8 Å². The number of carbonyl (C=O) groups is 1. The molecule has 0 radical (unpaired) electrons. The van der Waals surface area contributed by atoms with Crippen LogP contribution in [0, 0.1) is 5.92 Å². The molecule has 26 heavy (non-hydrogen) atoms. The lowest BCUT2D eigenvalue weighted by Gasteiger charge is -2.34. The van der Waals surface area contributed by atoms with Crippen molar-refractivity contribution in [2.75, 3.05) is 61.8 Å². The summed E-state index contributed by atoms with van der Waals surface area (Å²) in [6, 6.07) is 7.59. The van der Waals surface area contributed by atoms with Gasteiger partial charge < -0.3 is 15.1 Å². The highest BCUT2D eigenvalue weighted by Crippen LogP contribution is 2.23. The molecule has 0 aliphatic carbocycles. The second kappa shape index (κ2) is 8.73. The molecule has 1 amide bonds. The third-order valence-electron chi connectivity index (χ3n) is 4.54. The van der Waals surface area contributed by atoms with Crippen molar-refractivity contribution < 1.29 is 13.2 Å². The van der Waals surface area contributed by atoms with Gasteiger partial charge in [-0.3, -0.25) is 9.10 Å². The lowest BCUT2D eigenvalue weighted by Crippen LogP contribution is -2.44. The summed E-state index contributed by atoms with van der Waals surface area (Å²) >= 11 is 0. The van der Waals surface area contributed by atoms with Crippen LogP contribution in [0.1, 0.15) is 13.8 Å². The third kappa shape index (κ3) is 5.60. The van der Waals surface area contributed by atoms with Crippen LogP contribution in [-0.4, -0.2) is 71.8 Å². The van der Waals surface area contributed by atoms with Crippen LogP contribution < -0.4 is 14.5 Å². The van der Waals surface area contributed by atoms with Crippen molar-refractivity contribution in [1.29, 1.82) is 0 Å². The van der Waals surface area contributed by atoms with E-state index in [1.165, 1.54) is 10.6 Å². The van der Waals surface area contributed by atoms with Gasteiger partial charge in [-0.2, -0.15) is 0 Å². The van der Waals surface area contributed by atoms with E-state index in [-0.39, 0.29) is 24.9 Å². The van der Waals surface area contributed by atoms with Crippen molar-refractivity contribution in [2.24, 2.45) is 5.92 Å². The summed E-state index contributed by atoms with van der Waals surface area (Å²) in [5.74, 6) is -0.201. The minimum absolute atomic E-state index is 0.0798. The fourth-order valence-corrected chi connectivity index (χ4v) is 3.79. The maximum absolute atomic E-state index is 12.2. The molecule has 0 atom stereocenters. The van der Waals surface area contributed by atoms with E-state index < -0.39 is 10.0 Å². The van der Waals surface area contributed by atoms with E-state index in [1.807, 2.05) is 24.3 Å². The Labute approximate surface area is 157 Å². The Balaban J connectivity index is 2.05. The van der Waals surface area contributed by atoms with Gasteiger partial charge in [-0.05, 0) is 31.3 Å². The van der Waals surface area contributed by atoms with Crippen LogP contribution in [-0.2, 0) is 14.8 Å². The van der Waals surface area contributed by atoms with Crippen LogP contribution in [0.5, 0.6) is 0 Å². The first kappa shape index (κ1) is 20.5. The van der Waals surface area contributed by atoms with Gasteiger partial charge in [0.2, 0.25) is 15.9 Å². The number of carbonyl (C=O) groups excluding carboxylic acids is 1. The molecule has 0 saturated carbocycles. The molecule has 1 aromatic carbocycles. The molecule has 1 aliphatic heterocycles. The average molecular weight is 383 g/mol. The van der Waals surface area contributed by atoms with Crippen molar-refractivity contribution in [3.8, 4) is 0 Å². The molecule has 0 bridgehead atoms. The van der Waals surface area contributed by atoms with E-state index in [2.05, 4.69) is 22.2 Å². The molecular weight excluding hydrogens is 352 g/mol. The number of rotatable bonds is 7. The maximum atomic E-state index is 12.2. The number of benzene rings is 1. The number of amides is 1. The molecule has 146 valence electrons. The van der Waals surface area contributed by atoms with Gasteiger partial charge in [-0.15, -0.1) is 0 Å². The van der Waals surface area contributed by atoms with Gasteiger partial charge in [0.1, 0.15) is 0 Å². The van der Waals surface area contributed by atoms with E-state index >= 15 is 0 Å². The number of anilines is 2. The van der Waals surface area contributed by atoms with Crippen molar-refractivity contribution in [2.45, 2.75) is 13.8 Å². The summed E-state index contributed by atoms with van der Waals surface area (Å²) in [5, 5.41) is 2.76. The predicted octanol–water partition coefficient (Wildman–Crippen LogP) is 0.977. The van der Waals surface area contributed by atoms with Crippen molar-refractivity contribution >= 4 is 27.3 Å². The lowest BCUT2D eigenvalue weighted by atomic mass is 10.2. The predicted molar refractivity (Wildman–Crippen MR) is 106 cm³/mol. The summed E-state index contributed by atoms with van der Waals surface area (Å²) in [6.07, 6.45) is 1.19. The highest BCUT2D eigenvalue weighted by atomic mass is 32.2. The molecule has 1 heterocycles. The van der Waals surface area contributed by atoms with Crippen LogP contribution in [0.2, 0.25) is 0 Å². The number of likely N-dealkylation sites (N-methyl/N-ethyl adjacent to an activating group) is 1. The molecule has 1 aromatic rings. The number of nitrogens with one attached hydrogen (secondary N) is 1. The third-order valence-corrected chi connectivity index (χ3v) is 5.74. The Morgan fingerprint density at radius 2 is 1.73 bits per heavy atom. The van der Waals surface area contributed by atoms with Crippen LogP contribution >= 0.6 is 0 Å². The topological polar surface area (TPSA) is 73.0 Å². The number of hydrogen-bond acceptors (Lipinski definition) is 5. The largest absolute Gasteiger partial charge is 0.369 e. The van der Waals surface area contributed by atoms with Crippen LogP contribution in [0.15, 0.2) is 24.3 Å². The van der Waals surface area contributed by atoms with Crippen molar-refractivity contribution in [1.82, 2.24) is 10.2 Å². The Hall–Kier alpha value is -1.80. The summed E-state index contributed by atoms with van der Waals surface area (Å²) < 4.78 is 25.7. The minimum atomic E-state index is -3.42. The minimum Gasteiger partial charge on any atom is -0.369 e. The fraction of sp³-hybridized carbons (Fsp3) is 0.611. The van der Waals surface area contributed by atoms with Crippen molar-refractivity contribution in [3.05, 3.63) is 24.3 Å². The quantitative estimate of drug-likeness (QED) is 0.761. The highest BCUT2D eigenvalue weighted by molar-refractivity contribution is 7.92. The number of sulfonamides is 1. The van der Waals surface area contributed by atoms with Gasteiger partial charge in [0.15, 0.2) is 0 Å². The summed E-state index contributed by atoms with van der Waals surface area (Å²) in [4.78, 5) is 16.3. The molecule has 2 rings (SSSR count). The second-order valence-corrected chi connectivity index (χ2v) is 8.99. The molecule has 0 unspecified atom stereocenters. The van der Waals surface area contributed by atoms with Crippen LogP contribution in [0.3, 0.4) is 0 Å². The van der Waals surface area contributed by atoms with E-state index in [9.17, 15) is 13.2 Å². The summed E-state index contributed by atoms with van der Waals surface area (Å²) in [7, 11) is -1.31. The zero-order valence-corrected chi connectivity index (χ0v) is 16.9. The zero-order valence-electron chi connectivity index (χ0n) is 16.1. The molecular formula is C18H30N4O3S. The molecule has 1 saturated heterocycles. The van der Waals surface area contributed by atoms with Crippen LogP contribution in [0.25, 0.3) is 0 Å². The first-order valence-corrected chi connectivity index (χ1v) is 10.8. The van der Waals surface area contributed by atoms with E-state index in [4.69, 9.17) is 0 Å². The Kier molecular flexibility index (Phi) is 6.88. The SMILES string of the molecule is CC(C)C(=O)NCCN(c1ccc(N2CCN(C)CC2)cc1)S(C)(=O)=O. The summed E-state index contributed by atoms with van der Waals surface area (Å²) in [6.45, 7) is 8.08. The summed E-state index contributed by atoms with van der Waals surface area (Å²) in [5.41, 5.74) is 1.72. The van der Waals surface area contributed by atoms with Gasteiger partial charge in [-0.25, -0.2) is 8.42 Å². The fourth-order valence-electron chi connectivity index (χ4n) is 2.87. The smallest absolute Gasteiger partial charge is 0.232 e. The van der Waals surface area contributed by atoms with Gasteiger partial charge in [0.25, 0.3) is 0 Å². The lowest BCUT2D eigenvalue weighted by molar-refractivity contribution is -0.123. The molecule has 7 nitrogen and oxygen atoms in total. The zero-order chi connectivity index (χ0) is 19.3. The number of hydrogen-bond donors (Lipinski definition) is 1. The van der Waals surface area contributed by atoms with Crippen molar-refractivity contribution in [3.63, 3.8) is 0 Å². The van der Waals surface area contributed by atoms with E-state index in [0.717, 1.165) is 31.9 Å².